The maximum atomic E-state index is 12.2. The standard InChI is InChI=1S/C22H22F3NO8/c1-4-32-21(30)18-17(12(2)27)13(3)34-19(18)26-16(28)10-33-20(29)15-7-5-14(6-8-15)9-31-11-22(23,24)25/h5-8H,4,9-11H2,1-3H3,(H,26,28). The van der Waals surface area contributed by atoms with Crippen LogP contribution in [0.25, 0.3) is 0 Å². The predicted octanol–water partition coefficient (Wildman–Crippen LogP) is 3.84. The molecule has 184 valence electrons. The molecular formula is C22H22F3NO8. The molecule has 2 aromatic rings. The molecule has 0 fully saturated rings. The third kappa shape index (κ3) is 7.44. The third-order valence-electron chi connectivity index (χ3n) is 4.23. The number of carbonyl (C=O) groups is 4. The Balaban J connectivity index is 1.98. The van der Waals surface area contributed by atoms with Crippen LogP contribution in [-0.4, -0.2) is 49.6 Å². The van der Waals surface area contributed by atoms with Gasteiger partial charge in [0.2, 0.25) is 5.88 Å². The van der Waals surface area contributed by atoms with Crippen molar-refractivity contribution in [3.8, 4) is 0 Å². The highest BCUT2D eigenvalue weighted by molar-refractivity contribution is 6.10. The second kappa shape index (κ2) is 11.5. The highest BCUT2D eigenvalue weighted by atomic mass is 19.4. The molecule has 12 heteroatoms. The van der Waals surface area contributed by atoms with Gasteiger partial charge < -0.3 is 18.6 Å². The summed E-state index contributed by atoms with van der Waals surface area (Å²) in [7, 11) is 0. The van der Waals surface area contributed by atoms with E-state index in [1.165, 1.54) is 38.1 Å². The van der Waals surface area contributed by atoms with Crippen LogP contribution in [-0.2, 0) is 25.6 Å². The number of ether oxygens (including phenoxy) is 3. The van der Waals surface area contributed by atoms with E-state index >= 15 is 0 Å². The zero-order valence-corrected chi connectivity index (χ0v) is 18.5. The molecule has 0 aliphatic rings. The number of hydrogen-bond acceptors (Lipinski definition) is 8. The molecule has 0 unspecified atom stereocenters. The molecule has 0 radical (unpaired) electrons. The van der Waals surface area contributed by atoms with Gasteiger partial charge in [-0.15, -0.1) is 0 Å². The predicted molar refractivity (Wildman–Crippen MR) is 110 cm³/mol. The van der Waals surface area contributed by atoms with E-state index in [-0.39, 0.29) is 41.5 Å². The van der Waals surface area contributed by atoms with Gasteiger partial charge in [-0.1, -0.05) is 12.1 Å². The monoisotopic (exact) mass is 485 g/mol. The fourth-order valence-corrected chi connectivity index (χ4v) is 2.85. The smallest absolute Gasteiger partial charge is 0.411 e. The Morgan fingerprint density at radius 3 is 2.21 bits per heavy atom. The number of alkyl halides is 3. The molecule has 1 heterocycles. The lowest BCUT2D eigenvalue weighted by molar-refractivity contribution is -0.176. The van der Waals surface area contributed by atoms with Gasteiger partial charge in [0.05, 0.1) is 24.3 Å². The largest absolute Gasteiger partial charge is 0.462 e. The third-order valence-corrected chi connectivity index (χ3v) is 4.23. The van der Waals surface area contributed by atoms with Crippen LogP contribution in [0.3, 0.4) is 0 Å². The summed E-state index contributed by atoms with van der Waals surface area (Å²) < 4.78 is 56.0. The minimum Gasteiger partial charge on any atom is -0.462 e. The van der Waals surface area contributed by atoms with Gasteiger partial charge in [0, 0.05) is 0 Å². The molecule has 0 aliphatic heterocycles. The lowest BCUT2D eigenvalue weighted by atomic mass is 10.1. The number of anilines is 1. The quantitative estimate of drug-likeness (QED) is 0.398. The van der Waals surface area contributed by atoms with Gasteiger partial charge in [-0.25, -0.2) is 9.59 Å². The number of carbonyl (C=O) groups excluding carboxylic acids is 4. The molecule has 0 bridgehead atoms. The Morgan fingerprint density at radius 2 is 1.65 bits per heavy atom. The number of benzene rings is 1. The average molecular weight is 485 g/mol. The molecule has 34 heavy (non-hydrogen) atoms. The first kappa shape index (κ1) is 26.6. The van der Waals surface area contributed by atoms with Crippen molar-refractivity contribution in [2.75, 3.05) is 25.1 Å². The number of esters is 2. The van der Waals surface area contributed by atoms with E-state index in [1.807, 2.05) is 0 Å². The number of ketones is 1. The maximum Gasteiger partial charge on any atom is 0.411 e. The van der Waals surface area contributed by atoms with Crippen molar-refractivity contribution < 1.29 is 51.0 Å². The van der Waals surface area contributed by atoms with E-state index in [0.29, 0.717) is 5.56 Å². The first-order valence-electron chi connectivity index (χ1n) is 9.94. The molecule has 1 aromatic carbocycles. The molecule has 1 amide bonds. The highest BCUT2D eigenvalue weighted by Crippen LogP contribution is 2.28. The van der Waals surface area contributed by atoms with Crippen molar-refractivity contribution in [3.05, 3.63) is 52.3 Å². The van der Waals surface area contributed by atoms with Gasteiger partial charge in [0.1, 0.15) is 17.9 Å². The number of amides is 1. The molecule has 0 spiro atoms. The van der Waals surface area contributed by atoms with Crippen LogP contribution in [0, 0.1) is 6.92 Å². The van der Waals surface area contributed by atoms with Crippen molar-refractivity contribution in [3.63, 3.8) is 0 Å². The molecule has 1 aromatic heterocycles. The zero-order valence-electron chi connectivity index (χ0n) is 18.5. The van der Waals surface area contributed by atoms with E-state index in [9.17, 15) is 32.3 Å². The van der Waals surface area contributed by atoms with E-state index in [2.05, 4.69) is 10.1 Å². The summed E-state index contributed by atoms with van der Waals surface area (Å²) in [6.45, 7) is 1.82. The topological polar surface area (TPSA) is 121 Å². The van der Waals surface area contributed by atoms with E-state index in [1.54, 1.807) is 6.92 Å². The SMILES string of the molecule is CCOC(=O)c1c(NC(=O)COC(=O)c2ccc(COCC(F)(F)F)cc2)oc(C)c1C(C)=O. The number of nitrogens with one attached hydrogen (secondary N) is 1. The van der Waals surface area contributed by atoms with Crippen LogP contribution in [0.4, 0.5) is 19.1 Å². The van der Waals surface area contributed by atoms with Crippen LogP contribution in [0.2, 0.25) is 0 Å². The fourth-order valence-electron chi connectivity index (χ4n) is 2.85. The van der Waals surface area contributed by atoms with Crippen LogP contribution in [0.15, 0.2) is 28.7 Å². The summed E-state index contributed by atoms with van der Waals surface area (Å²) >= 11 is 0. The summed E-state index contributed by atoms with van der Waals surface area (Å²) in [5, 5.41) is 2.27. The number of aryl methyl sites for hydroxylation is 1. The maximum absolute atomic E-state index is 12.2. The Kier molecular flexibility index (Phi) is 8.96. The Hall–Kier alpha value is -3.67. The number of rotatable bonds is 10. The molecule has 0 atom stereocenters. The van der Waals surface area contributed by atoms with Crippen molar-refractivity contribution in [2.45, 2.75) is 33.6 Å². The van der Waals surface area contributed by atoms with Crippen LogP contribution in [0.1, 0.15) is 56.2 Å². The molecule has 0 aliphatic carbocycles. The normalized spacial score (nSPS) is 11.1. The Morgan fingerprint density at radius 1 is 1.00 bits per heavy atom. The summed E-state index contributed by atoms with van der Waals surface area (Å²) in [5.74, 6) is -3.27. The summed E-state index contributed by atoms with van der Waals surface area (Å²) in [5.41, 5.74) is 0.173. The minimum absolute atomic E-state index is 0.0264. The molecular weight excluding hydrogens is 463 g/mol. The second-order valence-corrected chi connectivity index (χ2v) is 6.94. The average Bonchev–Trinajstić information content (AvgIpc) is 3.07. The second-order valence-electron chi connectivity index (χ2n) is 6.94. The van der Waals surface area contributed by atoms with Crippen LogP contribution < -0.4 is 5.32 Å². The van der Waals surface area contributed by atoms with Gasteiger partial charge in [-0.3, -0.25) is 14.9 Å². The summed E-state index contributed by atoms with van der Waals surface area (Å²) in [4.78, 5) is 48.5. The lowest BCUT2D eigenvalue weighted by Gasteiger charge is -2.09. The van der Waals surface area contributed by atoms with E-state index < -0.39 is 43.0 Å². The number of furan rings is 1. The van der Waals surface area contributed by atoms with Crippen molar-refractivity contribution in [2.24, 2.45) is 0 Å². The molecule has 2 rings (SSSR count). The Bertz CT molecular complexity index is 1060. The first-order valence-corrected chi connectivity index (χ1v) is 9.94. The summed E-state index contributed by atoms with van der Waals surface area (Å²) in [6.07, 6.45) is -4.44. The van der Waals surface area contributed by atoms with Gasteiger partial charge in [0.25, 0.3) is 5.91 Å². The number of halogens is 3. The first-order chi connectivity index (χ1) is 15.9. The Labute approximate surface area is 192 Å². The molecule has 1 N–H and O–H groups in total. The molecule has 9 nitrogen and oxygen atoms in total. The highest BCUT2D eigenvalue weighted by Gasteiger charge is 2.29. The van der Waals surface area contributed by atoms with E-state index in [0.717, 1.165) is 0 Å². The lowest BCUT2D eigenvalue weighted by Crippen LogP contribution is -2.22. The van der Waals surface area contributed by atoms with Gasteiger partial charge in [0.15, 0.2) is 12.4 Å². The van der Waals surface area contributed by atoms with Crippen LogP contribution >= 0.6 is 0 Å². The van der Waals surface area contributed by atoms with Gasteiger partial charge in [-0.2, -0.15) is 13.2 Å². The van der Waals surface area contributed by atoms with Crippen molar-refractivity contribution >= 4 is 29.5 Å². The minimum atomic E-state index is -4.44. The van der Waals surface area contributed by atoms with Crippen molar-refractivity contribution in [1.29, 1.82) is 0 Å². The van der Waals surface area contributed by atoms with Gasteiger partial charge >= 0.3 is 18.1 Å². The van der Waals surface area contributed by atoms with E-state index in [4.69, 9.17) is 13.9 Å². The number of hydrogen-bond donors (Lipinski definition) is 1. The summed E-state index contributed by atoms with van der Waals surface area (Å²) in [6, 6.07) is 5.38. The zero-order chi connectivity index (χ0) is 25.5. The van der Waals surface area contributed by atoms with Crippen LogP contribution in [0.5, 0.6) is 0 Å². The fraction of sp³-hybridized carbons (Fsp3) is 0.364. The molecule has 0 saturated carbocycles. The van der Waals surface area contributed by atoms with Gasteiger partial charge in [-0.05, 0) is 38.5 Å². The van der Waals surface area contributed by atoms with Crippen molar-refractivity contribution in [1.82, 2.24) is 0 Å². The molecule has 0 saturated heterocycles. The number of Topliss-reactive ketones (excluding diaryl/α,β-unsaturated/α-hetero) is 1.